The molecule has 0 N–H and O–H groups in total. The van der Waals surface area contributed by atoms with Gasteiger partial charge in [0, 0.05) is 12.1 Å². The number of benzene rings is 1. The molecule has 2 rings (SSSR count). The van der Waals surface area contributed by atoms with E-state index >= 15 is 0 Å². The number of nitro benzene ring substituents is 1. The van der Waals surface area contributed by atoms with Crippen LogP contribution < -0.4 is 9.64 Å². The molecule has 1 aliphatic rings. The second-order valence-corrected chi connectivity index (χ2v) is 3.50. The minimum atomic E-state index is -1.02. The average Bonchev–Trinajstić information content (AvgIpc) is 2.32. The summed E-state index contributed by atoms with van der Waals surface area (Å²) in [5.74, 6) is 0.872. The van der Waals surface area contributed by atoms with E-state index in [-0.39, 0.29) is 24.6 Å². The second kappa shape index (κ2) is 4.33. The molecule has 92 valence electrons. The number of rotatable bonds is 2. The van der Waals surface area contributed by atoms with Gasteiger partial charge in [-0.2, -0.15) is 4.39 Å². The zero-order valence-electron chi connectivity index (χ0n) is 9.05. The molecule has 1 amide bonds. The summed E-state index contributed by atoms with van der Waals surface area (Å²) in [5.41, 5.74) is -0.619. The zero-order valence-corrected chi connectivity index (χ0v) is 9.05. The van der Waals surface area contributed by atoms with Gasteiger partial charge in [-0.1, -0.05) is 5.92 Å². The summed E-state index contributed by atoms with van der Waals surface area (Å²) in [5, 5.41) is 10.6. The Kier molecular flexibility index (Phi) is 2.85. The van der Waals surface area contributed by atoms with Crippen LogP contribution in [0.5, 0.6) is 5.75 Å². The number of amides is 1. The number of anilines is 1. The minimum absolute atomic E-state index is 0.0576. The molecule has 0 unspecified atom stereocenters. The van der Waals surface area contributed by atoms with E-state index in [1.807, 2.05) is 0 Å². The van der Waals surface area contributed by atoms with Gasteiger partial charge >= 0.3 is 5.69 Å². The summed E-state index contributed by atoms with van der Waals surface area (Å²) in [6.07, 6.45) is 5.11. The number of hydrogen-bond donors (Lipinski definition) is 0. The lowest BCUT2D eigenvalue weighted by atomic mass is 10.2. The Bertz CT molecular complexity index is 579. The molecule has 1 aromatic carbocycles. The van der Waals surface area contributed by atoms with Gasteiger partial charge in [-0.25, -0.2) is 0 Å². The second-order valence-electron chi connectivity index (χ2n) is 3.50. The van der Waals surface area contributed by atoms with Crippen LogP contribution in [0.4, 0.5) is 15.8 Å². The van der Waals surface area contributed by atoms with Gasteiger partial charge in [-0.15, -0.1) is 6.42 Å². The topological polar surface area (TPSA) is 72.7 Å². The maximum atomic E-state index is 13.4. The van der Waals surface area contributed by atoms with Gasteiger partial charge in [0.2, 0.25) is 5.82 Å². The number of nitrogens with zero attached hydrogens (tertiary/aromatic N) is 2. The van der Waals surface area contributed by atoms with Crippen LogP contribution in [0.3, 0.4) is 0 Å². The fourth-order valence-electron chi connectivity index (χ4n) is 1.62. The van der Waals surface area contributed by atoms with Crippen LogP contribution in [0, 0.1) is 28.3 Å². The summed E-state index contributed by atoms with van der Waals surface area (Å²) in [6, 6.07) is 1.82. The maximum Gasteiger partial charge on any atom is 0.307 e. The lowest BCUT2D eigenvalue weighted by Crippen LogP contribution is -2.39. The number of carbonyl (C=O) groups is 1. The highest BCUT2D eigenvalue weighted by atomic mass is 19.1. The normalized spacial score (nSPS) is 13.6. The third kappa shape index (κ3) is 1.84. The summed E-state index contributed by atoms with van der Waals surface area (Å²) < 4.78 is 18.4. The van der Waals surface area contributed by atoms with E-state index in [4.69, 9.17) is 11.2 Å². The fraction of sp³-hybridized carbons (Fsp3) is 0.182. The van der Waals surface area contributed by atoms with Crippen molar-refractivity contribution in [1.82, 2.24) is 0 Å². The molecule has 1 aliphatic heterocycles. The van der Waals surface area contributed by atoms with Crippen LogP contribution in [-0.2, 0) is 4.79 Å². The number of carbonyl (C=O) groups excluding carboxylic acids is 1. The highest BCUT2D eigenvalue weighted by Crippen LogP contribution is 2.36. The number of halogens is 1. The van der Waals surface area contributed by atoms with Crippen molar-refractivity contribution in [2.24, 2.45) is 0 Å². The molecular formula is C11H7FN2O4. The Morgan fingerprint density at radius 2 is 2.33 bits per heavy atom. The van der Waals surface area contributed by atoms with Crippen molar-refractivity contribution in [2.45, 2.75) is 0 Å². The molecule has 0 aliphatic carbocycles. The van der Waals surface area contributed by atoms with Gasteiger partial charge < -0.3 is 4.74 Å². The van der Waals surface area contributed by atoms with Crippen molar-refractivity contribution in [2.75, 3.05) is 18.1 Å². The van der Waals surface area contributed by atoms with Crippen molar-refractivity contribution in [3.05, 3.63) is 28.1 Å². The zero-order chi connectivity index (χ0) is 13.3. The summed E-state index contributed by atoms with van der Waals surface area (Å²) >= 11 is 0. The van der Waals surface area contributed by atoms with Crippen LogP contribution in [0.1, 0.15) is 0 Å². The van der Waals surface area contributed by atoms with Crippen LogP contribution >= 0.6 is 0 Å². The molecule has 0 saturated carbocycles. The Hall–Kier alpha value is -2.62. The molecule has 6 nitrogen and oxygen atoms in total. The van der Waals surface area contributed by atoms with E-state index in [1.54, 1.807) is 0 Å². The van der Waals surface area contributed by atoms with Crippen LogP contribution in [0.25, 0.3) is 0 Å². The fourth-order valence-corrected chi connectivity index (χ4v) is 1.62. The molecular weight excluding hydrogens is 243 g/mol. The first-order chi connectivity index (χ1) is 8.54. The number of nitro groups is 1. The summed E-state index contributed by atoms with van der Waals surface area (Å²) in [4.78, 5) is 22.5. The smallest absolute Gasteiger partial charge is 0.307 e. The molecule has 0 fully saturated rings. The first kappa shape index (κ1) is 11.9. The predicted molar refractivity (Wildman–Crippen MR) is 59.7 cm³/mol. The van der Waals surface area contributed by atoms with Gasteiger partial charge in [0.05, 0.1) is 17.2 Å². The lowest BCUT2D eigenvalue weighted by molar-refractivity contribution is -0.387. The predicted octanol–water partition coefficient (Wildman–Crippen LogP) is 1.09. The lowest BCUT2D eigenvalue weighted by Gasteiger charge is -2.27. The number of hydrogen-bond acceptors (Lipinski definition) is 4. The summed E-state index contributed by atoms with van der Waals surface area (Å²) in [7, 11) is 0. The van der Waals surface area contributed by atoms with Gasteiger partial charge in [0.15, 0.2) is 6.61 Å². The molecule has 18 heavy (non-hydrogen) atoms. The van der Waals surface area contributed by atoms with Crippen molar-refractivity contribution in [3.8, 4) is 18.1 Å². The third-order valence-corrected chi connectivity index (χ3v) is 2.42. The molecule has 0 aromatic heterocycles. The highest BCUT2D eigenvalue weighted by Gasteiger charge is 2.29. The number of terminal acetylenes is 1. The van der Waals surface area contributed by atoms with Gasteiger partial charge in [0.1, 0.15) is 5.75 Å². The molecule has 1 aromatic rings. The molecule has 1 heterocycles. The molecule has 7 heteroatoms. The highest BCUT2D eigenvalue weighted by molar-refractivity contribution is 5.98. The van der Waals surface area contributed by atoms with Crippen molar-refractivity contribution < 1.29 is 18.8 Å². The number of ether oxygens (including phenoxy) is 1. The van der Waals surface area contributed by atoms with Gasteiger partial charge in [-0.05, 0) is 0 Å². The summed E-state index contributed by atoms with van der Waals surface area (Å²) in [6.45, 7) is -0.329. The van der Waals surface area contributed by atoms with E-state index < -0.39 is 22.3 Å². The molecule has 0 spiro atoms. The van der Waals surface area contributed by atoms with Crippen LogP contribution in [0.2, 0.25) is 0 Å². The monoisotopic (exact) mass is 250 g/mol. The van der Waals surface area contributed by atoms with E-state index in [0.717, 1.165) is 17.0 Å². The first-order valence-electron chi connectivity index (χ1n) is 4.89. The third-order valence-electron chi connectivity index (χ3n) is 2.42. The SMILES string of the molecule is C#CCN1C(=O)COc2cc(F)c([N+](=O)[O-])cc21. The van der Waals surface area contributed by atoms with E-state index in [0.29, 0.717) is 0 Å². The van der Waals surface area contributed by atoms with Gasteiger partial charge in [-0.3, -0.25) is 19.8 Å². The molecule has 0 saturated heterocycles. The quantitative estimate of drug-likeness (QED) is 0.447. The van der Waals surface area contributed by atoms with E-state index in [1.165, 1.54) is 0 Å². The molecule has 0 radical (unpaired) electrons. The van der Waals surface area contributed by atoms with E-state index in [9.17, 15) is 19.3 Å². The minimum Gasteiger partial charge on any atom is -0.481 e. The van der Waals surface area contributed by atoms with Crippen molar-refractivity contribution >= 4 is 17.3 Å². The van der Waals surface area contributed by atoms with Crippen molar-refractivity contribution in [1.29, 1.82) is 0 Å². The number of fused-ring (bicyclic) bond motifs is 1. The Labute approximate surface area is 101 Å². The van der Waals surface area contributed by atoms with Crippen LogP contribution in [0.15, 0.2) is 12.1 Å². The van der Waals surface area contributed by atoms with Crippen LogP contribution in [-0.4, -0.2) is 24.0 Å². The van der Waals surface area contributed by atoms with Crippen molar-refractivity contribution in [3.63, 3.8) is 0 Å². The maximum absolute atomic E-state index is 13.4. The molecule has 0 atom stereocenters. The first-order valence-corrected chi connectivity index (χ1v) is 4.89. The Balaban J connectivity index is 2.57. The largest absolute Gasteiger partial charge is 0.481 e. The molecule has 0 bridgehead atoms. The Morgan fingerprint density at radius 1 is 1.61 bits per heavy atom. The van der Waals surface area contributed by atoms with Gasteiger partial charge in [0.25, 0.3) is 5.91 Å². The average molecular weight is 250 g/mol. The van der Waals surface area contributed by atoms with E-state index in [2.05, 4.69) is 5.92 Å². The standard InChI is InChI=1S/C11H7FN2O4/c1-2-3-13-9-5-8(14(16)17)7(12)4-10(9)18-6-11(13)15/h1,4-5H,3,6H2. The Morgan fingerprint density at radius 3 is 2.94 bits per heavy atom.